The van der Waals surface area contributed by atoms with Crippen LogP contribution in [0.15, 0.2) is 76.5 Å². The maximum Gasteiger partial charge on any atom is 0.120 e. The lowest BCUT2D eigenvalue weighted by molar-refractivity contribution is 0.0596. The molecule has 0 radical (unpaired) electrons. The number of hydrogen-bond acceptors (Lipinski definition) is 5. The van der Waals surface area contributed by atoms with E-state index in [1.54, 1.807) is 18.9 Å². The lowest BCUT2D eigenvalue weighted by atomic mass is 9.82. The third kappa shape index (κ3) is 4.74. The van der Waals surface area contributed by atoms with Gasteiger partial charge in [-0.3, -0.25) is 0 Å². The van der Waals surface area contributed by atoms with Crippen LogP contribution in [0.5, 0.6) is 11.5 Å². The molecule has 1 aliphatic rings. The third-order valence-electron chi connectivity index (χ3n) is 5.66. The first-order valence-corrected chi connectivity index (χ1v) is 11.4. The van der Waals surface area contributed by atoms with Crippen molar-refractivity contribution in [2.24, 2.45) is 0 Å². The first-order chi connectivity index (χ1) is 15.0. The smallest absolute Gasteiger partial charge is 0.120 e. The zero-order valence-corrected chi connectivity index (χ0v) is 19.1. The third-order valence-corrected chi connectivity index (χ3v) is 6.81. The van der Waals surface area contributed by atoms with Gasteiger partial charge in [-0.05, 0) is 75.4 Å². The zero-order valence-electron chi connectivity index (χ0n) is 18.3. The second kappa shape index (κ2) is 9.35. The summed E-state index contributed by atoms with van der Waals surface area (Å²) in [5.41, 5.74) is 1.97. The highest BCUT2D eigenvalue weighted by Crippen LogP contribution is 2.50. The Kier molecular flexibility index (Phi) is 6.56. The van der Waals surface area contributed by atoms with Crippen molar-refractivity contribution in [2.75, 3.05) is 27.7 Å². The largest absolute Gasteiger partial charge is 0.497 e. The number of methoxy groups -OCH3 is 1. The number of rotatable bonds is 8. The summed E-state index contributed by atoms with van der Waals surface area (Å²) < 4.78 is 11.3. The van der Waals surface area contributed by atoms with Gasteiger partial charge in [0.1, 0.15) is 23.7 Å². The summed E-state index contributed by atoms with van der Waals surface area (Å²) in [6.45, 7) is 1.40. The van der Waals surface area contributed by atoms with Crippen molar-refractivity contribution in [2.45, 2.75) is 34.8 Å². The van der Waals surface area contributed by atoms with Crippen LogP contribution in [0.3, 0.4) is 0 Å². The molecule has 1 heterocycles. The second-order valence-electron chi connectivity index (χ2n) is 8.16. The molecular formula is C26H29NO3S. The Balaban J connectivity index is 1.60. The summed E-state index contributed by atoms with van der Waals surface area (Å²) in [7, 11) is 5.79. The minimum absolute atomic E-state index is 0.464. The van der Waals surface area contributed by atoms with E-state index < -0.39 is 5.60 Å². The molecule has 0 fully saturated rings. The summed E-state index contributed by atoms with van der Waals surface area (Å²) >= 11 is 1.71. The molecule has 0 saturated carbocycles. The Labute approximate surface area is 188 Å². The number of benzene rings is 3. The van der Waals surface area contributed by atoms with Gasteiger partial charge in [0.2, 0.25) is 0 Å². The molecule has 0 saturated heterocycles. The predicted molar refractivity (Wildman–Crippen MR) is 125 cm³/mol. The standard InChI is InChI=1S/C26H29NO3S/c1-27(2)16-6-15-26(28)22-7-4-5-8-24(22)31-25-14-13-21(17-23(25)26)30-18-19-9-11-20(29-3)12-10-19/h4-5,7-14,17,28H,6,15-16,18H2,1-3H3. The lowest BCUT2D eigenvalue weighted by Gasteiger charge is -2.36. The molecule has 0 aliphatic carbocycles. The molecule has 31 heavy (non-hydrogen) atoms. The van der Waals surface area contributed by atoms with Crippen LogP contribution in [0.25, 0.3) is 0 Å². The number of fused-ring (bicyclic) bond motifs is 2. The van der Waals surface area contributed by atoms with Crippen molar-refractivity contribution >= 4 is 11.8 Å². The fraction of sp³-hybridized carbons (Fsp3) is 0.308. The van der Waals surface area contributed by atoms with E-state index in [9.17, 15) is 5.11 Å². The van der Waals surface area contributed by atoms with Crippen LogP contribution in [0.4, 0.5) is 0 Å². The number of aliphatic hydroxyl groups is 1. The van der Waals surface area contributed by atoms with E-state index >= 15 is 0 Å². The highest BCUT2D eigenvalue weighted by atomic mass is 32.2. The topological polar surface area (TPSA) is 41.9 Å². The van der Waals surface area contributed by atoms with Gasteiger partial charge in [0.05, 0.1) is 7.11 Å². The van der Waals surface area contributed by atoms with Crippen LogP contribution >= 0.6 is 11.8 Å². The maximum atomic E-state index is 12.0. The molecule has 0 bridgehead atoms. The summed E-state index contributed by atoms with van der Waals surface area (Å²) in [5, 5.41) is 12.0. The van der Waals surface area contributed by atoms with Crippen LogP contribution in [0.2, 0.25) is 0 Å². The Bertz CT molecular complexity index is 1040. The quantitative estimate of drug-likeness (QED) is 0.519. The first kappa shape index (κ1) is 21.8. The van der Waals surface area contributed by atoms with Crippen molar-refractivity contribution in [1.82, 2.24) is 4.90 Å². The highest BCUT2D eigenvalue weighted by Gasteiger charge is 2.39. The molecule has 1 atom stereocenters. The summed E-state index contributed by atoms with van der Waals surface area (Å²) in [5.74, 6) is 1.59. The molecule has 1 aliphatic heterocycles. The van der Waals surface area contributed by atoms with E-state index in [0.717, 1.165) is 50.9 Å². The van der Waals surface area contributed by atoms with Crippen LogP contribution in [0.1, 0.15) is 29.5 Å². The van der Waals surface area contributed by atoms with Gasteiger partial charge in [0.15, 0.2) is 0 Å². The molecule has 0 amide bonds. The molecule has 162 valence electrons. The molecule has 3 aromatic rings. The normalized spacial score (nSPS) is 17.2. The molecule has 5 heteroatoms. The van der Waals surface area contributed by atoms with E-state index in [2.05, 4.69) is 31.1 Å². The molecule has 4 nitrogen and oxygen atoms in total. The van der Waals surface area contributed by atoms with E-state index in [0.29, 0.717) is 13.0 Å². The molecule has 1 unspecified atom stereocenters. The lowest BCUT2D eigenvalue weighted by Crippen LogP contribution is -2.32. The average Bonchev–Trinajstić information content (AvgIpc) is 2.78. The summed E-state index contributed by atoms with van der Waals surface area (Å²) in [6, 6.07) is 22.1. The van der Waals surface area contributed by atoms with Crippen molar-refractivity contribution in [3.8, 4) is 11.5 Å². The summed E-state index contributed by atoms with van der Waals surface area (Å²) in [6.07, 6.45) is 1.57. The monoisotopic (exact) mass is 435 g/mol. The second-order valence-corrected chi connectivity index (χ2v) is 9.24. The van der Waals surface area contributed by atoms with Crippen LogP contribution in [0, 0.1) is 0 Å². The zero-order chi connectivity index (χ0) is 21.8. The van der Waals surface area contributed by atoms with Gasteiger partial charge in [0, 0.05) is 20.9 Å². The SMILES string of the molecule is COc1ccc(COc2ccc3c(c2)C(O)(CCCN(C)C)c2ccccc2S3)cc1. The number of hydrogen-bond donors (Lipinski definition) is 1. The fourth-order valence-corrected chi connectivity index (χ4v) is 5.19. The first-order valence-electron chi connectivity index (χ1n) is 10.5. The summed E-state index contributed by atoms with van der Waals surface area (Å²) in [4.78, 5) is 4.36. The van der Waals surface area contributed by atoms with Crippen molar-refractivity contribution in [3.63, 3.8) is 0 Å². The van der Waals surface area contributed by atoms with Gasteiger partial charge in [-0.1, -0.05) is 42.1 Å². The van der Waals surface area contributed by atoms with Gasteiger partial charge in [-0.2, -0.15) is 0 Å². The van der Waals surface area contributed by atoms with E-state index in [-0.39, 0.29) is 0 Å². The van der Waals surface area contributed by atoms with Gasteiger partial charge in [-0.15, -0.1) is 0 Å². The molecule has 3 aromatic carbocycles. The van der Waals surface area contributed by atoms with Gasteiger partial charge in [0.25, 0.3) is 0 Å². The minimum atomic E-state index is -1.02. The van der Waals surface area contributed by atoms with Crippen molar-refractivity contribution in [3.05, 3.63) is 83.4 Å². The molecule has 4 rings (SSSR count). The molecule has 0 aromatic heterocycles. The van der Waals surface area contributed by atoms with E-state index in [4.69, 9.17) is 9.47 Å². The van der Waals surface area contributed by atoms with Crippen LogP contribution in [-0.4, -0.2) is 37.8 Å². The van der Waals surface area contributed by atoms with Crippen LogP contribution < -0.4 is 9.47 Å². The Morgan fingerprint density at radius 3 is 2.35 bits per heavy atom. The molecular weight excluding hydrogens is 406 g/mol. The maximum absolute atomic E-state index is 12.0. The number of nitrogens with zero attached hydrogens (tertiary/aromatic N) is 1. The van der Waals surface area contributed by atoms with Crippen molar-refractivity contribution < 1.29 is 14.6 Å². The van der Waals surface area contributed by atoms with Gasteiger partial charge in [-0.25, -0.2) is 0 Å². The minimum Gasteiger partial charge on any atom is -0.497 e. The predicted octanol–water partition coefficient (Wildman–Crippen LogP) is 5.32. The van der Waals surface area contributed by atoms with Gasteiger partial charge < -0.3 is 19.5 Å². The van der Waals surface area contributed by atoms with Crippen molar-refractivity contribution in [1.29, 1.82) is 0 Å². The average molecular weight is 436 g/mol. The van der Waals surface area contributed by atoms with Gasteiger partial charge >= 0.3 is 0 Å². The van der Waals surface area contributed by atoms with E-state index in [1.807, 2.05) is 54.6 Å². The van der Waals surface area contributed by atoms with Crippen LogP contribution in [-0.2, 0) is 12.2 Å². The van der Waals surface area contributed by atoms with E-state index in [1.165, 1.54) is 0 Å². The number of ether oxygens (including phenoxy) is 2. The highest BCUT2D eigenvalue weighted by molar-refractivity contribution is 7.99. The Morgan fingerprint density at radius 1 is 0.903 bits per heavy atom. The molecule has 0 spiro atoms. The fourth-order valence-electron chi connectivity index (χ4n) is 3.98. The Morgan fingerprint density at radius 2 is 1.61 bits per heavy atom. The Hall–Kier alpha value is -2.47. The molecule has 1 N–H and O–H groups in total.